The lowest BCUT2D eigenvalue weighted by molar-refractivity contribution is -0.137. The van der Waals surface area contributed by atoms with Gasteiger partial charge in [0.05, 0.1) is 12.1 Å². The molecule has 0 saturated heterocycles. The number of nitrogens with zero attached hydrogens (tertiary/aromatic N) is 1. The normalized spacial score (nSPS) is 14.7. The van der Waals surface area contributed by atoms with Crippen LogP contribution in [0.1, 0.15) is 40.3 Å². The molecule has 2 N–H and O–H groups in total. The van der Waals surface area contributed by atoms with Crippen molar-refractivity contribution < 1.29 is 22.4 Å². The maximum atomic E-state index is 12.6. The van der Waals surface area contributed by atoms with E-state index in [0.29, 0.717) is 11.3 Å². The number of amides is 1. The molecule has 4 nitrogen and oxygen atoms in total. The summed E-state index contributed by atoms with van der Waals surface area (Å²) < 4.78 is 43.2. The average Bonchev–Trinajstić information content (AvgIpc) is 3.28. The van der Waals surface area contributed by atoms with Gasteiger partial charge in [0.15, 0.2) is 5.76 Å². The molecule has 1 aromatic carbocycles. The summed E-state index contributed by atoms with van der Waals surface area (Å²) >= 11 is 0. The Hall–Kier alpha value is -2.28. The van der Waals surface area contributed by atoms with Crippen molar-refractivity contribution in [2.45, 2.75) is 38.1 Å². The Morgan fingerprint density at radius 1 is 1.17 bits per heavy atom. The van der Waals surface area contributed by atoms with E-state index in [-0.39, 0.29) is 30.8 Å². The lowest BCUT2D eigenvalue weighted by atomic mass is 10.1. The van der Waals surface area contributed by atoms with Crippen LogP contribution >= 0.6 is 0 Å². The molecule has 1 aliphatic carbocycles. The fraction of sp³-hybridized carbons (Fsp3) is 0.353. The predicted molar refractivity (Wildman–Crippen MR) is 80.9 cm³/mol. The number of hydrogen-bond acceptors (Lipinski definition) is 3. The molecule has 24 heavy (non-hydrogen) atoms. The van der Waals surface area contributed by atoms with Crippen LogP contribution in [-0.2, 0) is 19.3 Å². The highest BCUT2D eigenvalue weighted by atomic mass is 19.4. The zero-order valence-corrected chi connectivity index (χ0v) is 12.8. The van der Waals surface area contributed by atoms with Crippen molar-refractivity contribution in [3.63, 3.8) is 0 Å². The zero-order valence-electron chi connectivity index (χ0n) is 12.8. The Morgan fingerprint density at radius 3 is 2.33 bits per heavy atom. The van der Waals surface area contributed by atoms with Gasteiger partial charge in [-0.25, -0.2) is 0 Å². The maximum Gasteiger partial charge on any atom is 0.416 e. The SMILES string of the molecule is NCc1ccc(C(=O)N(Cc2ccc(C(F)(F)F)cc2)C2CC2)o1. The summed E-state index contributed by atoms with van der Waals surface area (Å²) in [5, 5.41) is 0. The van der Waals surface area contributed by atoms with Gasteiger partial charge in [-0.15, -0.1) is 0 Å². The number of alkyl halides is 3. The number of nitrogens with two attached hydrogens (primary N) is 1. The maximum absolute atomic E-state index is 12.6. The van der Waals surface area contributed by atoms with E-state index in [1.54, 1.807) is 17.0 Å². The number of benzene rings is 1. The lowest BCUT2D eigenvalue weighted by Gasteiger charge is -2.21. The molecular formula is C17H17F3N2O2. The molecule has 7 heteroatoms. The van der Waals surface area contributed by atoms with Gasteiger partial charge in [0.1, 0.15) is 5.76 Å². The molecule has 3 rings (SSSR count). The van der Waals surface area contributed by atoms with Crippen molar-refractivity contribution in [1.29, 1.82) is 0 Å². The van der Waals surface area contributed by atoms with Gasteiger partial charge in [0.2, 0.25) is 0 Å². The first-order chi connectivity index (χ1) is 11.4. The van der Waals surface area contributed by atoms with Gasteiger partial charge in [0.25, 0.3) is 5.91 Å². The van der Waals surface area contributed by atoms with Gasteiger partial charge in [-0.3, -0.25) is 4.79 Å². The predicted octanol–water partition coefficient (Wildman–Crippen LogP) is 3.56. The summed E-state index contributed by atoms with van der Waals surface area (Å²) in [5.74, 6) is 0.454. The minimum absolute atomic E-state index is 0.103. The molecule has 1 saturated carbocycles. The molecule has 1 aromatic heterocycles. The first-order valence-electron chi connectivity index (χ1n) is 7.64. The van der Waals surface area contributed by atoms with E-state index in [9.17, 15) is 18.0 Å². The minimum atomic E-state index is -4.36. The Balaban J connectivity index is 1.76. The fourth-order valence-electron chi connectivity index (χ4n) is 2.49. The molecular weight excluding hydrogens is 321 g/mol. The van der Waals surface area contributed by atoms with Crippen molar-refractivity contribution in [2.24, 2.45) is 5.73 Å². The Morgan fingerprint density at radius 2 is 1.83 bits per heavy atom. The number of rotatable bonds is 5. The second-order valence-corrected chi connectivity index (χ2v) is 5.83. The van der Waals surface area contributed by atoms with Crippen LogP contribution in [-0.4, -0.2) is 16.8 Å². The summed E-state index contributed by atoms with van der Waals surface area (Å²) in [7, 11) is 0. The van der Waals surface area contributed by atoms with Gasteiger partial charge < -0.3 is 15.1 Å². The fourth-order valence-corrected chi connectivity index (χ4v) is 2.49. The van der Waals surface area contributed by atoms with E-state index in [4.69, 9.17) is 10.2 Å². The van der Waals surface area contributed by atoms with E-state index in [0.717, 1.165) is 25.0 Å². The van der Waals surface area contributed by atoms with E-state index in [1.165, 1.54) is 12.1 Å². The van der Waals surface area contributed by atoms with E-state index in [1.807, 2.05) is 0 Å². The minimum Gasteiger partial charge on any atom is -0.455 e. The van der Waals surface area contributed by atoms with Crippen LogP contribution in [0, 0.1) is 0 Å². The first-order valence-corrected chi connectivity index (χ1v) is 7.64. The first kappa shape index (κ1) is 16.6. The van der Waals surface area contributed by atoms with Crippen molar-refractivity contribution >= 4 is 5.91 Å². The van der Waals surface area contributed by atoms with Gasteiger partial charge >= 0.3 is 6.18 Å². The van der Waals surface area contributed by atoms with E-state index >= 15 is 0 Å². The summed E-state index contributed by atoms with van der Waals surface area (Å²) in [6.07, 6.45) is -2.59. The molecule has 1 amide bonds. The number of halogens is 3. The average molecular weight is 338 g/mol. The van der Waals surface area contributed by atoms with Crippen molar-refractivity contribution in [3.8, 4) is 0 Å². The third-order valence-corrected chi connectivity index (χ3v) is 3.96. The van der Waals surface area contributed by atoms with E-state index < -0.39 is 11.7 Å². The Bertz CT molecular complexity index is 718. The van der Waals surface area contributed by atoms with Crippen LogP contribution in [0.2, 0.25) is 0 Å². The van der Waals surface area contributed by atoms with Crippen molar-refractivity contribution in [2.75, 3.05) is 0 Å². The third-order valence-electron chi connectivity index (χ3n) is 3.96. The highest BCUT2D eigenvalue weighted by Gasteiger charge is 2.35. The Labute approximate surface area is 137 Å². The standard InChI is InChI=1S/C17H17F3N2O2/c18-17(19,20)12-3-1-11(2-4-12)10-22(13-5-6-13)16(23)15-8-7-14(9-21)24-15/h1-4,7-8,13H,5-6,9-10,21H2. The van der Waals surface area contributed by atoms with Gasteiger partial charge in [-0.1, -0.05) is 12.1 Å². The largest absolute Gasteiger partial charge is 0.455 e. The van der Waals surface area contributed by atoms with Crippen LogP contribution in [0.3, 0.4) is 0 Å². The highest BCUT2D eigenvalue weighted by Crippen LogP contribution is 2.32. The van der Waals surface area contributed by atoms with Crippen molar-refractivity contribution in [1.82, 2.24) is 4.90 Å². The number of carbonyl (C=O) groups excluding carboxylic acids is 1. The quantitative estimate of drug-likeness (QED) is 0.907. The number of hydrogen-bond donors (Lipinski definition) is 1. The van der Waals surface area contributed by atoms with Gasteiger partial charge in [-0.2, -0.15) is 13.2 Å². The van der Waals surface area contributed by atoms with Gasteiger partial charge in [0, 0.05) is 12.6 Å². The van der Waals surface area contributed by atoms with Crippen LogP contribution in [0.5, 0.6) is 0 Å². The molecule has 1 aliphatic rings. The van der Waals surface area contributed by atoms with Crippen LogP contribution in [0.15, 0.2) is 40.8 Å². The van der Waals surface area contributed by atoms with Crippen LogP contribution in [0.4, 0.5) is 13.2 Å². The molecule has 0 aliphatic heterocycles. The molecule has 0 spiro atoms. The van der Waals surface area contributed by atoms with E-state index in [2.05, 4.69) is 0 Å². The van der Waals surface area contributed by atoms with Crippen molar-refractivity contribution in [3.05, 3.63) is 59.0 Å². The summed E-state index contributed by atoms with van der Waals surface area (Å²) in [5.41, 5.74) is 5.42. The zero-order chi connectivity index (χ0) is 17.3. The Kier molecular flexibility index (Phi) is 4.36. The summed E-state index contributed by atoms with van der Waals surface area (Å²) in [6, 6.07) is 8.20. The summed E-state index contributed by atoms with van der Waals surface area (Å²) in [4.78, 5) is 14.2. The summed E-state index contributed by atoms with van der Waals surface area (Å²) in [6.45, 7) is 0.454. The molecule has 0 atom stereocenters. The van der Waals surface area contributed by atoms with Crippen LogP contribution < -0.4 is 5.73 Å². The monoisotopic (exact) mass is 338 g/mol. The van der Waals surface area contributed by atoms with Crippen LogP contribution in [0.25, 0.3) is 0 Å². The molecule has 1 fully saturated rings. The third kappa shape index (κ3) is 3.62. The molecule has 1 heterocycles. The molecule has 128 valence electrons. The second-order valence-electron chi connectivity index (χ2n) is 5.83. The number of carbonyl (C=O) groups is 1. The molecule has 2 aromatic rings. The lowest BCUT2D eigenvalue weighted by Crippen LogP contribution is -2.32. The highest BCUT2D eigenvalue weighted by molar-refractivity contribution is 5.92. The number of furan rings is 1. The topological polar surface area (TPSA) is 59.5 Å². The molecule has 0 unspecified atom stereocenters. The second kappa shape index (κ2) is 6.32. The molecule has 0 radical (unpaired) electrons. The smallest absolute Gasteiger partial charge is 0.416 e. The molecule has 0 bridgehead atoms. The van der Waals surface area contributed by atoms with Gasteiger partial charge in [-0.05, 0) is 42.7 Å².